The van der Waals surface area contributed by atoms with E-state index >= 15 is 0 Å². The van der Waals surface area contributed by atoms with E-state index in [1.807, 2.05) is 41.2 Å². The fourth-order valence-corrected chi connectivity index (χ4v) is 2.92. The van der Waals surface area contributed by atoms with Crippen LogP contribution in [0.4, 0.5) is 0 Å². The molecule has 0 bridgehead atoms. The predicted molar refractivity (Wildman–Crippen MR) is 88.0 cm³/mol. The predicted octanol–water partition coefficient (Wildman–Crippen LogP) is 2.04. The molecule has 2 unspecified atom stereocenters. The van der Waals surface area contributed by atoms with Gasteiger partial charge in [-0.25, -0.2) is 4.68 Å². The van der Waals surface area contributed by atoms with Gasteiger partial charge in [-0.15, -0.1) is 12.4 Å². The van der Waals surface area contributed by atoms with Crippen LogP contribution in [0.5, 0.6) is 0 Å². The highest BCUT2D eigenvalue weighted by Gasteiger charge is 2.29. The first-order valence-electron chi connectivity index (χ1n) is 7.37. The van der Waals surface area contributed by atoms with Crippen LogP contribution in [0.25, 0.3) is 5.69 Å². The van der Waals surface area contributed by atoms with Gasteiger partial charge < -0.3 is 11.1 Å². The highest BCUT2D eigenvalue weighted by molar-refractivity contribution is 5.85. The lowest BCUT2D eigenvalue weighted by molar-refractivity contribution is -0.125. The summed E-state index contributed by atoms with van der Waals surface area (Å²) in [5.74, 6) is 0.0251. The lowest BCUT2D eigenvalue weighted by Crippen LogP contribution is -2.38. The van der Waals surface area contributed by atoms with E-state index < -0.39 is 0 Å². The molecule has 0 saturated heterocycles. The van der Waals surface area contributed by atoms with Crippen molar-refractivity contribution in [2.45, 2.75) is 31.8 Å². The Balaban J connectivity index is 0.00000176. The Kier molecular flexibility index (Phi) is 5.57. The van der Waals surface area contributed by atoms with Crippen LogP contribution in [0.1, 0.15) is 24.8 Å². The molecule has 1 saturated carbocycles. The first-order chi connectivity index (χ1) is 10.3. The lowest BCUT2D eigenvalue weighted by atomic mass is 10.0. The van der Waals surface area contributed by atoms with Gasteiger partial charge in [0.1, 0.15) is 0 Å². The molecule has 1 heterocycles. The molecule has 3 rings (SSSR count). The van der Waals surface area contributed by atoms with Gasteiger partial charge in [0.25, 0.3) is 0 Å². The number of hydrogen-bond donors (Lipinski definition) is 2. The number of carbonyl (C=O) groups is 1. The van der Waals surface area contributed by atoms with Gasteiger partial charge in [-0.1, -0.05) is 24.6 Å². The highest BCUT2D eigenvalue weighted by atomic mass is 35.5. The van der Waals surface area contributed by atoms with Gasteiger partial charge in [0.2, 0.25) is 5.91 Å². The molecule has 118 valence electrons. The fraction of sp³-hybridized carbons (Fsp3) is 0.375. The largest absolute Gasteiger partial charge is 0.352 e. The van der Waals surface area contributed by atoms with Gasteiger partial charge in [0.05, 0.1) is 11.6 Å². The van der Waals surface area contributed by atoms with E-state index in [-0.39, 0.29) is 30.3 Å². The quantitative estimate of drug-likeness (QED) is 0.905. The van der Waals surface area contributed by atoms with Crippen molar-refractivity contribution in [3.8, 4) is 5.69 Å². The van der Waals surface area contributed by atoms with E-state index in [0.717, 1.165) is 30.5 Å². The van der Waals surface area contributed by atoms with E-state index in [1.165, 1.54) is 0 Å². The molecule has 2 atom stereocenters. The molecular formula is C16H21ClN4O. The lowest BCUT2D eigenvalue weighted by Gasteiger charge is -2.16. The summed E-state index contributed by atoms with van der Waals surface area (Å²) in [6.07, 6.45) is 6.53. The maximum atomic E-state index is 12.2. The molecule has 0 spiro atoms. The molecule has 1 aliphatic rings. The second kappa shape index (κ2) is 7.42. The van der Waals surface area contributed by atoms with Gasteiger partial charge in [0.15, 0.2) is 0 Å². The Morgan fingerprint density at radius 3 is 2.82 bits per heavy atom. The zero-order valence-corrected chi connectivity index (χ0v) is 13.1. The number of benzene rings is 1. The number of halogens is 1. The van der Waals surface area contributed by atoms with Crippen molar-refractivity contribution in [3.63, 3.8) is 0 Å². The Bertz CT molecular complexity index is 614. The van der Waals surface area contributed by atoms with Gasteiger partial charge in [-0.05, 0) is 30.5 Å². The second-order valence-electron chi connectivity index (χ2n) is 5.50. The highest BCUT2D eigenvalue weighted by Crippen LogP contribution is 2.24. The van der Waals surface area contributed by atoms with E-state index in [2.05, 4.69) is 10.4 Å². The molecule has 3 N–H and O–H groups in total. The maximum Gasteiger partial charge on any atom is 0.224 e. The molecule has 1 aromatic heterocycles. The van der Waals surface area contributed by atoms with Crippen LogP contribution in [0.2, 0.25) is 0 Å². The number of para-hydroxylation sites is 1. The zero-order valence-electron chi connectivity index (χ0n) is 12.3. The summed E-state index contributed by atoms with van der Waals surface area (Å²) in [7, 11) is 0. The SMILES string of the molecule is Cl.NC1CCCC1C(=O)NCc1ccccc1-n1cccn1. The van der Waals surface area contributed by atoms with Gasteiger partial charge in [-0.3, -0.25) is 4.79 Å². The van der Waals surface area contributed by atoms with Gasteiger partial charge in [-0.2, -0.15) is 5.10 Å². The first-order valence-corrected chi connectivity index (χ1v) is 7.37. The molecular weight excluding hydrogens is 300 g/mol. The van der Waals surface area contributed by atoms with E-state index in [0.29, 0.717) is 6.54 Å². The zero-order chi connectivity index (χ0) is 14.7. The normalized spacial score (nSPS) is 20.4. The number of hydrogen-bond acceptors (Lipinski definition) is 3. The Labute approximate surface area is 136 Å². The van der Waals surface area contributed by atoms with Crippen molar-refractivity contribution >= 4 is 18.3 Å². The summed E-state index contributed by atoms with van der Waals surface area (Å²) >= 11 is 0. The molecule has 2 aromatic rings. The van der Waals surface area contributed by atoms with Crippen molar-refractivity contribution in [3.05, 3.63) is 48.3 Å². The Hall–Kier alpha value is -1.85. The van der Waals surface area contributed by atoms with Crippen LogP contribution in [0.3, 0.4) is 0 Å². The molecule has 0 aliphatic heterocycles. The molecule has 6 heteroatoms. The van der Waals surface area contributed by atoms with Crippen molar-refractivity contribution < 1.29 is 4.79 Å². The maximum absolute atomic E-state index is 12.2. The van der Waals surface area contributed by atoms with Crippen LogP contribution in [0.15, 0.2) is 42.7 Å². The third-order valence-electron chi connectivity index (χ3n) is 4.10. The second-order valence-corrected chi connectivity index (χ2v) is 5.50. The number of nitrogens with zero attached hydrogens (tertiary/aromatic N) is 2. The Morgan fingerprint density at radius 2 is 2.14 bits per heavy atom. The van der Waals surface area contributed by atoms with Crippen LogP contribution in [-0.4, -0.2) is 21.7 Å². The minimum atomic E-state index is -0.0399. The van der Waals surface area contributed by atoms with Crippen molar-refractivity contribution in [1.29, 1.82) is 0 Å². The number of amides is 1. The number of carbonyl (C=O) groups excluding carboxylic acids is 1. The number of rotatable bonds is 4. The van der Waals surface area contributed by atoms with Gasteiger partial charge in [0, 0.05) is 25.0 Å². The minimum Gasteiger partial charge on any atom is -0.352 e. The fourth-order valence-electron chi connectivity index (χ4n) is 2.92. The Morgan fingerprint density at radius 1 is 1.32 bits per heavy atom. The molecule has 5 nitrogen and oxygen atoms in total. The number of nitrogens with two attached hydrogens (primary N) is 1. The number of aromatic nitrogens is 2. The third kappa shape index (κ3) is 3.48. The average molecular weight is 321 g/mol. The van der Waals surface area contributed by atoms with Crippen molar-refractivity contribution in [2.75, 3.05) is 0 Å². The molecule has 0 radical (unpaired) electrons. The average Bonchev–Trinajstić information content (AvgIpc) is 3.16. The minimum absolute atomic E-state index is 0. The van der Waals surface area contributed by atoms with Gasteiger partial charge >= 0.3 is 0 Å². The van der Waals surface area contributed by atoms with Crippen LogP contribution >= 0.6 is 12.4 Å². The van der Waals surface area contributed by atoms with Crippen molar-refractivity contribution in [1.82, 2.24) is 15.1 Å². The smallest absolute Gasteiger partial charge is 0.224 e. The molecule has 1 fully saturated rings. The molecule has 1 amide bonds. The summed E-state index contributed by atoms with van der Waals surface area (Å²) in [6.45, 7) is 0.498. The van der Waals surface area contributed by atoms with Crippen LogP contribution in [-0.2, 0) is 11.3 Å². The first kappa shape index (κ1) is 16.5. The van der Waals surface area contributed by atoms with Crippen LogP contribution < -0.4 is 11.1 Å². The van der Waals surface area contributed by atoms with Crippen LogP contribution in [0, 0.1) is 5.92 Å². The summed E-state index contributed by atoms with van der Waals surface area (Å²) in [5.41, 5.74) is 8.01. The summed E-state index contributed by atoms with van der Waals surface area (Å²) < 4.78 is 1.81. The van der Waals surface area contributed by atoms with Crippen molar-refractivity contribution in [2.24, 2.45) is 11.7 Å². The summed E-state index contributed by atoms with van der Waals surface area (Å²) in [5, 5.41) is 7.26. The molecule has 1 aliphatic carbocycles. The van der Waals surface area contributed by atoms with E-state index in [4.69, 9.17) is 5.73 Å². The number of nitrogens with one attached hydrogen (secondary N) is 1. The van der Waals surface area contributed by atoms with E-state index in [1.54, 1.807) is 6.20 Å². The standard InChI is InChI=1S/C16H20N4O.ClH/c17-14-7-3-6-13(14)16(21)18-11-12-5-1-2-8-15(12)20-10-4-9-19-20;/h1-2,4-5,8-10,13-14H,3,6-7,11,17H2,(H,18,21);1H. The molecule has 1 aromatic carbocycles. The summed E-state index contributed by atoms with van der Waals surface area (Å²) in [4.78, 5) is 12.2. The summed E-state index contributed by atoms with van der Waals surface area (Å²) in [6, 6.07) is 9.82. The third-order valence-corrected chi connectivity index (χ3v) is 4.10. The van der Waals surface area contributed by atoms with E-state index in [9.17, 15) is 4.79 Å². The monoisotopic (exact) mass is 320 g/mol. The topological polar surface area (TPSA) is 72.9 Å². The molecule has 22 heavy (non-hydrogen) atoms.